The minimum absolute atomic E-state index is 0.165. The molecule has 0 spiro atoms. The fraction of sp³-hybridized carbons (Fsp3) is 0.556. The molecule has 1 aliphatic rings. The Hall–Kier alpha value is -1.07. The molecule has 6 heteroatoms. The summed E-state index contributed by atoms with van der Waals surface area (Å²) in [6.45, 7) is 3.58. The van der Waals surface area contributed by atoms with Gasteiger partial charge in [-0.2, -0.15) is 0 Å². The number of carbonyl (C=O) groups excluding carboxylic acids is 1. The lowest BCUT2D eigenvalue weighted by molar-refractivity contribution is -0.151. The van der Waals surface area contributed by atoms with Crippen LogP contribution in [0.1, 0.15) is 12.8 Å². The monoisotopic (exact) mass is 233 g/mol. The molecular formula is C9H12ClNO4. The lowest BCUT2D eigenvalue weighted by Gasteiger charge is -2.10. The van der Waals surface area contributed by atoms with E-state index in [-0.39, 0.29) is 12.5 Å². The summed E-state index contributed by atoms with van der Waals surface area (Å²) >= 11 is 5.46. The number of carbonyl (C=O) groups is 2. The average molecular weight is 234 g/mol. The summed E-state index contributed by atoms with van der Waals surface area (Å²) in [6, 6.07) is 0. The van der Waals surface area contributed by atoms with Crippen molar-refractivity contribution in [3.05, 3.63) is 11.6 Å². The molecule has 0 saturated carbocycles. The standard InChI is InChI=1S/C9H12ClNO4/c1-5(10)4-11-8(12)6-2-3-7(15-6)9(13)14/h6-7H,1-4H2,(H,11,12)(H,13,14). The third-order valence-electron chi connectivity index (χ3n) is 2.04. The maximum atomic E-state index is 11.4. The second-order valence-corrected chi connectivity index (χ2v) is 3.80. The van der Waals surface area contributed by atoms with E-state index in [4.69, 9.17) is 21.4 Å². The van der Waals surface area contributed by atoms with Gasteiger partial charge in [0, 0.05) is 5.03 Å². The Kier molecular flexibility index (Phi) is 4.11. The minimum atomic E-state index is -1.04. The van der Waals surface area contributed by atoms with Crippen LogP contribution in [0, 0.1) is 0 Å². The number of carboxylic acids is 1. The third-order valence-corrected chi connectivity index (χ3v) is 2.18. The molecule has 5 nitrogen and oxygen atoms in total. The van der Waals surface area contributed by atoms with Crippen LogP contribution in [0.3, 0.4) is 0 Å². The molecule has 2 N–H and O–H groups in total. The normalized spacial score (nSPS) is 24.9. The summed E-state index contributed by atoms with van der Waals surface area (Å²) in [5, 5.41) is 11.5. The Morgan fingerprint density at radius 2 is 2.07 bits per heavy atom. The Bertz CT molecular complexity index is 292. The smallest absolute Gasteiger partial charge is 0.332 e. The molecule has 1 saturated heterocycles. The molecule has 84 valence electrons. The van der Waals surface area contributed by atoms with E-state index in [0.717, 1.165) is 0 Å². The highest BCUT2D eigenvalue weighted by Crippen LogP contribution is 2.19. The predicted octanol–water partition coefficient (Wildman–Crippen LogP) is 0.487. The number of hydrogen-bond donors (Lipinski definition) is 2. The number of carboxylic acid groups (broad SMARTS) is 1. The number of aliphatic carboxylic acids is 1. The van der Waals surface area contributed by atoms with Crippen molar-refractivity contribution in [2.75, 3.05) is 6.54 Å². The van der Waals surface area contributed by atoms with Crippen LogP contribution < -0.4 is 5.32 Å². The first kappa shape index (κ1) is 12.0. The maximum absolute atomic E-state index is 11.4. The van der Waals surface area contributed by atoms with E-state index >= 15 is 0 Å². The van der Waals surface area contributed by atoms with E-state index in [2.05, 4.69) is 11.9 Å². The molecule has 0 aliphatic carbocycles. The average Bonchev–Trinajstić information content (AvgIpc) is 2.62. The van der Waals surface area contributed by atoms with Crippen molar-refractivity contribution >= 4 is 23.5 Å². The zero-order valence-corrected chi connectivity index (χ0v) is 8.79. The van der Waals surface area contributed by atoms with Gasteiger partial charge < -0.3 is 15.2 Å². The zero-order valence-electron chi connectivity index (χ0n) is 8.03. The first-order valence-corrected chi connectivity index (χ1v) is 4.87. The van der Waals surface area contributed by atoms with Crippen molar-refractivity contribution in [2.45, 2.75) is 25.0 Å². The summed E-state index contributed by atoms with van der Waals surface area (Å²) < 4.78 is 5.03. The number of nitrogens with one attached hydrogen (secondary N) is 1. The van der Waals surface area contributed by atoms with Crippen molar-refractivity contribution in [1.29, 1.82) is 0 Å². The molecule has 1 heterocycles. The van der Waals surface area contributed by atoms with Crippen molar-refractivity contribution in [1.82, 2.24) is 5.32 Å². The lowest BCUT2D eigenvalue weighted by atomic mass is 10.2. The largest absolute Gasteiger partial charge is 0.479 e. The number of rotatable bonds is 4. The van der Waals surface area contributed by atoms with E-state index in [1.165, 1.54) is 0 Å². The van der Waals surface area contributed by atoms with Gasteiger partial charge >= 0.3 is 5.97 Å². The van der Waals surface area contributed by atoms with Crippen molar-refractivity contribution in [2.24, 2.45) is 0 Å². The van der Waals surface area contributed by atoms with Crippen molar-refractivity contribution in [3.63, 3.8) is 0 Å². The number of amides is 1. The second kappa shape index (κ2) is 5.14. The van der Waals surface area contributed by atoms with Crippen LogP contribution in [0.2, 0.25) is 0 Å². The van der Waals surface area contributed by atoms with Gasteiger partial charge in [0.15, 0.2) is 6.10 Å². The van der Waals surface area contributed by atoms with Crippen LogP contribution in [0.5, 0.6) is 0 Å². The maximum Gasteiger partial charge on any atom is 0.332 e. The summed E-state index contributed by atoms with van der Waals surface area (Å²) in [5.74, 6) is -1.38. The molecule has 2 atom stereocenters. The molecule has 1 rings (SSSR count). The van der Waals surface area contributed by atoms with E-state index < -0.39 is 18.2 Å². The molecule has 2 unspecified atom stereocenters. The molecule has 15 heavy (non-hydrogen) atoms. The summed E-state index contributed by atoms with van der Waals surface area (Å²) in [5.41, 5.74) is 0. The fourth-order valence-electron chi connectivity index (χ4n) is 1.31. The highest BCUT2D eigenvalue weighted by molar-refractivity contribution is 6.29. The van der Waals surface area contributed by atoms with Gasteiger partial charge in [-0.1, -0.05) is 18.2 Å². The van der Waals surface area contributed by atoms with Gasteiger partial charge in [0.25, 0.3) is 0 Å². The predicted molar refractivity (Wildman–Crippen MR) is 53.5 cm³/mol. The molecule has 0 aromatic rings. The molecule has 1 fully saturated rings. The Morgan fingerprint density at radius 3 is 2.53 bits per heavy atom. The lowest BCUT2D eigenvalue weighted by Crippen LogP contribution is -2.36. The van der Waals surface area contributed by atoms with E-state index in [9.17, 15) is 9.59 Å². The Labute approximate surface area is 92.0 Å². The molecule has 0 bridgehead atoms. The molecule has 1 aliphatic heterocycles. The van der Waals surface area contributed by atoms with Crippen LogP contribution in [-0.4, -0.2) is 35.7 Å². The van der Waals surface area contributed by atoms with Crippen molar-refractivity contribution < 1.29 is 19.4 Å². The van der Waals surface area contributed by atoms with E-state index in [0.29, 0.717) is 17.9 Å². The van der Waals surface area contributed by atoms with Crippen LogP contribution >= 0.6 is 11.6 Å². The van der Waals surface area contributed by atoms with E-state index in [1.54, 1.807) is 0 Å². The summed E-state index contributed by atoms with van der Waals surface area (Å²) in [4.78, 5) is 21.9. The molecule has 0 aromatic carbocycles. The molecule has 0 radical (unpaired) electrons. The van der Waals surface area contributed by atoms with Crippen LogP contribution in [-0.2, 0) is 14.3 Å². The number of ether oxygens (including phenoxy) is 1. The van der Waals surface area contributed by atoms with E-state index in [1.807, 2.05) is 0 Å². The highest BCUT2D eigenvalue weighted by Gasteiger charge is 2.34. The summed E-state index contributed by atoms with van der Waals surface area (Å²) in [6.07, 6.45) is -0.797. The van der Waals surface area contributed by atoms with Gasteiger partial charge in [0.1, 0.15) is 6.10 Å². The SMILES string of the molecule is C=C(Cl)CNC(=O)C1CCC(C(=O)O)O1. The zero-order chi connectivity index (χ0) is 11.4. The fourth-order valence-corrected chi connectivity index (χ4v) is 1.38. The van der Waals surface area contributed by atoms with Crippen LogP contribution in [0.25, 0.3) is 0 Å². The second-order valence-electron chi connectivity index (χ2n) is 3.26. The third kappa shape index (κ3) is 3.53. The van der Waals surface area contributed by atoms with Gasteiger partial charge in [-0.05, 0) is 12.8 Å². The summed E-state index contributed by atoms with van der Waals surface area (Å²) in [7, 11) is 0. The number of halogens is 1. The Balaban J connectivity index is 2.36. The Morgan fingerprint density at radius 1 is 1.47 bits per heavy atom. The highest BCUT2D eigenvalue weighted by atomic mass is 35.5. The van der Waals surface area contributed by atoms with Gasteiger partial charge in [0.2, 0.25) is 5.91 Å². The van der Waals surface area contributed by atoms with Gasteiger partial charge in [-0.25, -0.2) is 4.79 Å². The van der Waals surface area contributed by atoms with Crippen molar-refractivity contribution in [3.8, 4) is 0 Å². The topological polar surface area (TPSA) is 75.6 Å². The van der Waals surface area contributed by atoms with Crippen LogP contribution in [0.15, 0.2) is 11.6 Å². The van der Waals surface area contributed by atoms with Gasteiger partial charge in [0.05, 0.1) is 6.54 Å². The first-order chi connectivity index (χ1) is 7.00. The van der Waals surface area contributed by atoms with Gasteiger partial charge in [-0.15, -0.1) is 0 Å². The quantitative estimate of drug-likeness (QED) is 0.741. The first-order valence-electron chi connectivity index (χ1n) is 4.50. The molecule has 0 aromatic heterocycles. The van der Waals surface area contributed by atoms with Crippen LogP contribution in [0.4, 0.5) is 0 Å². The molecular weight excluding hydrogens is 222 g/mol. The molecule has 1 amide bonds. The minimum Gasteiger partial charge on any atom is -0.479 e. The number of hydrogen-bond acceptors (Lipinski definition) is 3. The van der Waals surface area contributed by atoms with Gasteiger partial charge in [-0.3, -0.25) is 4.79 Å².